The van der Waals surface area contributed by atoms with Gasteiger partial charge in [-0.1, -0.05) is 29.8 Å². The molecule has 3 amide bonds. The molecule has 0 atom stereocenters. The molecule has 31 heavy (non-hydrogen) atoms. The highest BCUT2D eigenvalue weighted by Gasteiger charge is 2.32. The number of aromatic nitrogens is 1. The van der Waals surface area contributed by atoms with Gasteiger partial charge < -0.3 is 15.2 Å². The van der Waals surface area contributed by atoms with Crippen molar-refractivity contribution in [3.05, 3.63) is 51.1 Å². The number of thioether (sulfide) groups is 1. The van der Waals surface area contributed by atoms with Gasteiger partial charge in [-0.3, -0.25) is 24.3 Å². The van der Waals surface area contributed by atoms with E-state index in [9.17, 15) is 19.5 Å². The minimum Gasteiger partial charge on any atom is -0.504 e. The van der Waals surface area contributed by atoms with Crippen LogP contribution in [0.2, 0.25) is 0 Å². The largest absolute Gasteiger partial charge is 0.504 e. The minimum atomic E-state index is -0.385. The first kappa shape index (κ1) is 22.8. The van der Waals surface area contributed by atoms with Crippen LogP contribution in [0.1, 0.15) is 25.0 Å². The van der Waals surface area contributed by atoms with E-state index in [1.807, 2.05) is 0 Å². The van der Waals surface area contributed by atoms with Crippen LogP contribution in [0, 0.1) is 5.92 Å². The van der Waals surface area contributed by atoms with Crippen LogP contribution in [0.3, 0.4) is 0 Å². The van der Waals surface area contributed by atoms with Gasteiger partial charge in [0.1, 0.15) is 6.61 Å². The molecule has 1 fully saturated rings. The van der Waals surface area contributed by atoms with Crippen molar-refractivity contribution in [1.29, 1.82) is 0 Å². The fourth-order valence-corrected chi connectivity index (χ4v) is 3.82. The number of ether oxygens (including phenoxy) is 1. The number of phenols is 1. The number of nitrogens with one attached hydrogen (secondary N) is 1. The van der Waals surface area contributed by atoms with Gasteiger partial charge in [-0.2, -0.15) is 0 Å². The van der Waals surface area contributed by atoms with Gasteiger partial charge in [0, 0.05) is 29.2 Å². The molecule has 1 aromatic carbocycles. The third-order valence-electron chi connectivity index (χ3n) is 4.33. The Morgan fingerprint density at radius 2 is 2.06 bits per heavy atom. The molecule has 0 saturated carbocycles. The number of likely N-dealkylation sites (N-methyl/N-ethyl adjacent to an activating group) is 1. The summed E-state index contributed by atoms with van der Waals surface area (Å²) in [5.74, 6) is -0.561. The van der Waals surface area contributed by atoms with E-state index in [0.717, 1.165) is 16.7 Å². The molecule has 0 bridgehead atoms. The highest BCUT2D eigenvalue weighted by Crippen LogP contribution is 2.37. The van der Waals surface area contributed by atoms with Crippen molar-refractivity contribution in [2.24, 2.45) is 5.92 Å². The van der Waals surface area contributed by atoms with Crippen LogP contribution in [0.5, 0.6) is 11.5 Å². The number of amides is 3. The summed E-state index contributed by atoms with van der Waals surface area (Å²) in [6.45, 7) is 3.69. The summed E-state index contributed by atoms with van der Waals surface area (Å²) < 4.78 is 6.28. The number of benzene rings is 1. The molecular formula is C21H20BrN3O5S. The number of nitrogens with zero attached hydrogens (tertiary/aromatic N) is 2. The van der Waals surface area contributed by atoms with Gasteiger partial charge in [0.05, 0.1) is 16.8 Å². The van der Waals surface area contributed by atoms with E-state index in [0.29, 0.717) is 21.3 Å². The highest BCUT2D eigenvalue weighted by molar-refractivity contribution is 9.10. The number of imide groups is 1. The molecule has 2 aromatic rings. The lowest BCUT2D eigenvalue weighted by Gasteiger charge is -2.12. The summed E-state index contributed by atoms with van der Waals surface area (Å²) in [6, 6.07) is 4.76. The van der Waals surface area contributed by atoms with Crippen molar-refractivity contribution in [3.8, 4) is 11.5 Å². The topological polar surface area (TPSA) is 109 Å². The quantitative estimate of drug-likeness (QED) is 0.560. The second-order valence-electron chi connectivity index (χ2n) is 7.10. The molecule has 162 valence electrons. The van der Waals surface area contributed by atoms with Crippen LogP contribution in [0.25, 0.3) is 6.08 Å². The van der Waals surface area contributed by atoms with Crippen LogP contribution < -0.4 is 10.1 Å². The molecule has 2 N–H and O–H groups in total. The molecule has 0 radical (unpaired) electrons. The highest BCUT2D eigenvalue weighted by atomic mass is 79.9. The predicted molar refractivity (Wildman–Crippen MR) is 122 cm³/mol. The molecule has 3 rings (SSSR count). The fraction of sp³-hybridized carbons (Fsp3) is 0.238. The number of anilines is 1. The molecule has 1 aliphatic heterocycles. The van der Waals surface area contributed by atoms with E-state index in [2.05, 4.69) is 26.2 Å². The van der Waals surface area contributed by atoms with Gasteiger partial charge in [0.15, 0.2) is 11.5 Å². The zero-order valence-electron chi connectivity index (χ0n) is 17.0. The zero-order chi connectivity index (χ0) is 22.7. The van der Waals surface area contributed by atoms with E-state index < -0.39 is 0 Å². The van der Waals surface area contributed by atoms with Crippen molar-refractivity contribution in [2.45, 2.75) is 20.5 Å². The Balaban J connectivity index is 1.77. The molecule has 0 spiro atoms. The van der Waals surface area contributed by atoms with E-state index >= 15 is 0 Å². The number of carbonyl (C=O) groups is 3. The SMILES string of the molecule is CC(C)C(=O)Nc1cncc(COc2cc(/C=C3\SC(=O)N(C)C3=O)c(Br)cc2O)c1. The molecule has 2 heterocycles. The number of carbonyl (C=O) groups excluding carboxylic acids is 3. The molecule has 1 saturated heterocycles. The van der Waals surface area contributed by atoms with Gasteiger partial charge >= 0.3 is 0 Å². The van der Waals surface area contributed by atoms with Gasteiger partial charge in [0.2, 0.25) is 5.91 Å². The van der Waals surface area contributed by atoms with Crippen LogP contribution in [-0.2, 0) is 16.2 Å². The first-order valence-electron chi connectivity index (χ1n) is 9.27. The van der Waals surface area contributed by atoms with Crippen LogP contribution in [-0.4, -0.2) is 39.1 Å². The molecule has 1 aliphatic rings. The fourth-order valence-electron chi connectivity index (χ4n) is 2.55. The third-order valence-corrected chi connectivity index (χ3v) is 5.98. The average Bonchev–Trinajstić information content (AvgIpc) is 2.96. The summed E-state index contributed by atoms with van der Waals surface area (Å²) in [5.41, 5.74) is 1.82. The van der Waals surface area contributed by atoms with Gasteiger partial charge in [0.25, 0.3) is 11.1 Å². The molecule has 1 aromatic heterocycles. The Labute approximate surface area is 191 Å². The van der Waals surface area contributed by atoms with Crippen LogP contribution in [0.15, 0.2) is 40.0 Å². The smallest absolute Gasteiger partial charge is 0.293 e. The van der Waals surface area contributed by atoms with Crippen molar-refractivity contribution in [3.63, 3.8) is 0 Å². The van der Waals surface area contributed by atoms with Crippen molar-refractivity contribution >= 4 is 56.5 Å². The normalized spacial score (nSPS) is 15.1. The lowest BCUT2D eigenvalue weighted by atomic mass is 10.1. The Hall–Kier alpha value is -2.85. The average molecular weight is 506 g/mol. The molecule has 10 heteroatoms. The molecule has 0 unspecified atom stereocenters. The molecular weight excluding hydrogens is 486 g/mol. The summed E-state index contributed by atoms with van der Waals surface area (Å²) in [4.78, 5) is 41.1. The minimum absolute atomic E-state index is 0.0927. The molecule has 8 nitrogen and oxygen atoms in total. The maximum absolute atomic E-state index is 12.1. The number of pyridine rings is 1. The first-order valence-corrected chi connectivity index (χ1v) is 10.9. The van der Waals surface area contributed by atoms with Gasteiger partial charge in [-0.25, -0.2) is 0 Å². The maximum Gasteiger partial charge on any atom is 0.293 e. The summed E-state index contributed by atoms with van der Waals surface area (Å²) in [7, 11) is 1.42. The van der Waals surface area contributed by atoms with E-state index in [4.69, 9.17) is 4.74 Å². The summed E-state index contributed by atoms with van der Waals surface area (Å²) in [5, 5.41) is 12.7. The number of phenolic OH excluding ortho intramolecular Hbond substituents is 1. The maximum atomic E-state index is 12.1. The van der Waals surface area contributed by atoms with Gasteiger partial charge in [-0.05, 0) is 41.6 Å². The zero-order valence-corrected chi connectivity index (χ0v) is 19.4. The lowest BCUT2D eigenvalue weighted by Crippen LogP contribution is -2.22. The van der Waals surface area contributed by atoms with Crippen LogP contribution >= 0.6 is 27.7 Å². The van der Waals surface area contributed by atoms with E-state index in [1.54, 1.807) is 44.4 Å². The lowest BCUT2D eigenvalue weighted by molar-refractivity contribution is -0.122. The number of hydrogen-bond donors (Lipinski definition) is 2. The van der Waals surface area contributed by atoms with Crippen LogP contribution in [0.4, 0.5) is 10.5 Å². The Morgan fingerprint density at radius 3 is 2.71 bits per heavy atom. The number of rotatable bonds is 6. The van der Waals surface area contributed by atoms with E-state index in [-0.39, 0.29) is 46.0 Å². The second-order valence-corrected chi connectivity index (χ2v) is 8.94. The number of halogens is 1. The summed E-state index contributed by atoms with van der Waals surface area (Å²) >= 11 is 4.19. The van der Waals surface area contributed by atoms with Gasteiger partial charge in [-0.15, -0.1) is 0 Å². The Morgan fingerprint density at radius 1 is 1.32 bits per heavy atom. The van der Waals surface area contributed by atoms with E-state index in [1.165, 1.54) is 13.1 Å². The van der Waals surface area contributed by atoms with Crippen molar-refractivity contribution in [1.82, 2.24) is 9.88 Å². The Kier molecular flexibility index (Phi) is 7.01. The first-order chi connectivity index (χ1) is 14.7. The monoisotopic (exact) mass is 505 g/mol. The van der Waals surface area contributed by atoms with Crippen molar-refractivity contribution in [2.75, 3.05) is 12.4 Å². The van der Waals surface area contributed by atoms with Crippen molar-refractivity contribution < 1.29 is 24.2 Å². The second kappa shape index (κ2) is 9.52. The summed E-state index contributed by atoms with van der Waals surface area (Å²) in [6.07, 6.45) is 4.70. The standard InChI is InChI=1S/C21H20BrN3O5S/c1-11(2)19(27)24-14-4-12(8-23-9-14)10-30-17-5-13(15(22)7-16(17)26)6-18-20(28)25(3)21(29)31-18/h4-9,11,26H,10H2,1-3H3,(H,24,27)/b18-6-. The number of aromatic hydroxyl groups is 1. The number of hydrogen-bond acceptors (Lipinski definition) is 7. The molecule has 0 aliphatic carbocycles. The predicted octanol–water partition coefficient (Wildman–Crippen LogP) is 4.39. The Bertz CT molecular complexity index is 1090. The third kappa shape index (κ3) is 5.45.